The van der Waals surface area contributed by atoms with Crippen molar-refractivity contribution in [1.82, 2.24) is 9.97 Å². The zero-order valence-corrected chi connectivity index (χ0v) is 11.3. The number of benzene rings is 1. The molecule has 1 aliphatic heterocycles. The van der Waals surface area contributed by atoms with Gasteiger partial charge < -0.3 is 26.6 Å². The van der Waals surface area contributed by atoms with Crippen LogP contribution >= 0.6 is 0 Å². The maximum Gasteiger partial charge on any atom is 0.162 e. The number of nitrogens with zero attached hydrogens (tertiary/aromatic N) is 2. The highest BCUT2D eigenvalue weighted by Gasteiger charge is 2.26. The van der Waals surface area contributed by atoms with E-state index in [0.717, 1.165) is 54.2 Å². The first kappa shape index (κ1) is 13.3. The number of halogens is 1. The molecule has 1 fully saturated rings. The average Bonchev–Trinajstić information content (AvgIpc) is 2.71. The second-order valence-electron chi connectivity index (χ2n) is 5.04. The van der Waals surface area contributed by atoms with Crippen molar-refractivity contribution in [3.05, 3.63) is 30.1 Å². The first-order chi connectivity index (χ1) is 8.25. The fraction of sp³-hybridized carbons (Fsp3) is 0.462. The highest BCUT2D eigenvalue weighted by Crippen LogP contribution is 2.16. The molecule has 1 N–H and O–H groups in total. The zero-order chi connectivity index (χ0) is 11.7. The molecular weight excluding hydrogens is 250 g/mol. The van der Waals surface area contributed by atoms with E-state index in [-0.39, 0.29) is 12.4 Å². The molecule has 0 spiro atoms. The molecule has 0 amide bonds. The van der Waals surface area contributed by atoms with Gasteiger partial charge in [0.15, 0.2) is 5.82 Å². The molecule has 0 saturated carbocycles. The van der Waals surface area contributed by atoms with Crippen LogP contribution in [-0.2, 0) is 11.3 Å². The van der Waals surface area contributed by atoms with Crippen LogP contribution in [0.1, 0.15) is 5.82 Å². The highest BCUT2D eigenvalue weighted by atomic mass is 35.5. The van der Waals surface area contributed by atoms with Gasteiger partial charge in [-0.15, -0.1) is 0 Å². The van der Waals surface area contributed by atoms with Crippen LogP contribution in [-0.4, -0.2) is 47.8 Å². The summed E-state index contributed by atoms with van der Waals surface area (Å²) in [4.78, 5) is 8.04. The van der Waals surface area contributed by atoms with Crippen LogP contribution in [0.2, 0.25) is 0 Å². The number of aromatic nitrogens is 2. The molecule has 0 atom stereocenters. The molecule has 1 aromatic carbocycles. The number of imidazole rings is 1. The standard InChI is InChI=1S/C13H18N3O.ClH/c1-16(6-8-17-9-7-16)10-13-14-11-4-2-3-5-12(11)15-13;/h2-5H,6-10H2,1H3,(H,14,15);1H/q+1;/p-1. The Kier molecular flexibility index (Phi) is 3.90. The van der Waals surface area contributed by atoms with E-state index < -0.39 is 0 Å². The van der Waals surface area contributed by atoms with Crippen LogP contribution in [0.3, 0.4) is 0 Å². The van der Waals surface area contributed by atoms with Gasteiger partial charge in [-0.1, -0.05) is 12.1 Å². The second-order valence-corrected chi connectivity index (χ2v) is 5.04. The highest BCUT2D eigenvalue weighted by molar-refractivity contribution is 5.74. The Labute approximate surface area is 113 Å². The van der Waals surface area contributed by atoms with Gasteiger partial charge in [-0.3, -0.25) is 0 Å². The van der Waals surface area contributed by atoms with Crippen molar-refractivity contribution in [3.63, 3.8) is 0 Å². The molecule has 3 rings (SSSR count). The molecule has 2 heterocycles. The van der Waals surface area contributed by atoms with Crippen LogP contribution in [0.5, 0.6) is 0 Å². The maximum atomic E-state index is 5.42. The third kappa shape index (κ3) is 2.66. The Morgan fingerprint density at radius 1 is 1.28 bits per heavy atom. The normalized spacial score (nSPS) is 18.5. The monoisotopic (exact) mass is 267 g/mol. The number of rotatable bonds is 2. The van der Waals surface area contributed by atoms with Crippen molar-refractivity contribution in [2.45, 2.75) is 6.54 Å². The lowest BCUT2D eigenvalue weighted by Gasteiger charge is -2.36. The van der Waals surface area contributed by atoms with Gasteiger partial charge in [0.25, 0.3) is 0 Å². The fourth-order valence-electron chi connectivity index (χ4n) is 2.38. The van der Waals surface area contributed by atoms with E-state index in [2.05, 4.69) is 29.1 Å². The molecule has 0 radical (unpaired) electrons. The Morgan fingerprint density at radius 3 is 2.72 bits per heavy atom. The molecule has 2 aromatic rings. The van der Waals surface area contributed by atoms with E-state index >= 15 is 0 Å². The molecular formula is C13H18ClN3O. The molecule has 1 aromatic heterocycles. The summed E-state index contributed by atoms with van der Waals surface area (Å²) in [5.74, 6) is 1.08. The van der Waals surface area contributed by atoms with Crippen molar-refractivity contribution in [3.8, 4) is 0 Å². The van der Waals surface area contributed by atoms with E-state index in [4.69, 9.17) is 4.74 Å². The Morgan fingerprint density at radius 2 is 2.00 bits per heavy atom. The third-order valence-electron chi connectivity index (χ3n) is 3.52. The van der Waals surface area contributed by atoms with Crippen LogP contribution in [0.15, 0.2) is 24.3 Å². The van der Waals surface area contributed by atoms with Crippen molar-refractivity contribution in [2.75, 3.05) is 33.4 Å². The van der Waals surface area contributed by atoms with E-state index in [9.17, 15) is 0 Å². The van der Waals surface area contributed by atoms with Gasteiger partial charge in [0.05, 0.1) is 31.3 Å². The fourth-order valence-corrected chi connectivity index (χ4v) is 2.38. The minimum Gasteiger partial charge on any atom is -1.00 e. The maximum absolute atomic E-state index is 5.42. The average molecular weight is 268 g/mol. The number of morpholine rings is 1. The number of fused-ring (bicyclic) bond motifs is 1. The number of H-pyrrole nitrogens is 1. The predicted octanol–water partition coefficient (Wildman–Crippen LogP) is -1.46. The molecule has 0 unspecified atom stereocenters. The Bertz CT molecular complexity index is 487. The van der Waals surface area contributed by atoms with Gasteiger partial charge in [-0.2, -0.15) is 0 Å². The Balaban J connectivity index is 0.00000120. The molecule has 5 heteroatoms. The number of para-hydroxylation sites is 2. The number of hydrogen-bond acceptors (Lipinski definition) is 2. The Hall–Kier alpha value is -1.10. The predicted molar refractivity (Wildman–Crippen MR) is 66.5 cm³/mol. The summed E-state index contributed by atoms with van der Waals surface area (Å²) in [5, 5.41) is 0. The van der Waals surface area contributed by atoms with Gasteiger partial charge in [0, 0.05) is 0 Å². The summed E-state index contributed by atoms with van der Waals surface area (Å²) in [6.07, 6.45) is 0. The summed E-state index contributed by atoms with van der Waals surface area (Å²) in [6, 6.07) is 8.19. The quantitative estimate of drug-likeness (QED) is 0.676. The van der Waals surface area contributed by atoms with Crippen molar-refractivity contribution in [2.24, 2.45) is 0 Å². The van der Waals surface area contributed by atoms with Crippen molar-refractivity contribution in [1.29, 1.82) is 0 Å². The summed E-state index contributed by atoms with van der Waals surface area (Å²) in [7, 11) is 2.27. The van der Waals surface area contributed by atoms with E-state index in [0.29, 0.717) is 0 Å². The third-order valence-corrected chi connectivity index (χ3v) is 3.52. The van der Waals surface area contributed by atoms with Crippen LogP contribution < -0.4 is 12.4 Å². The van der Waals surface area contributed by atoms with Gasteiger partial charge in [-0.05, 0) is 12.1 Å². The lowest BCUT2D eigenvalue weighted by atomic mass is 10.3. The number of ether oxygens (including phenoxy) is 1. The SMILES string of the molecule is C[N+]1(Cc2nc3ccccc3[nH]2)CCOCC1.[Cl-]. The lowest BCUT2D eigenvalue weighted by molar-refractivity contribution is -0.930. The second kappa shape index (κ2) is 5.26. The molecule has 4 nitrogen and oxygen atoms in total. The van der Waals surface area contributed by atoms with E-state index in [1.54, 1.807) is 0 Å². The van der Waals surface area contributed by atoms with Crippen molar-refractivity contribution < 1.29 is 21.6 Å². The number of hydrogen-bond donors (Lipinski definition) is 1. The first-order valence-electron chi connectivity index (χ1n) is 6.10. The largest absolute Gasteiger partial charge is 1.00 e. The molecule has 0 bridgehead atoms. The number of nitrogens with one attached hydrogen (secondary N) is 1. The summed E-state index contributed by atoms with van der Waals surface area (Å²) < 4.78 is 6.43. The summed E-state index contributed by atoms with van der Waals surface area (Å²) in [6.45, 7) is 4.81. The topological polar surface area (TPSA) is 37.9 Å². The van der Waals surface area contributed by atoms with Gasteiger partial charge in [-0.25, -0.2) is 4.98 Å². The number of quaternary nitrogens is 1. The summed E-state index contributed by atoms with van der Waals surface area (Å²) in [5.41, 5.74) is 2.18. The molecule has 98 valence electrons. The molecule has 0 aliphatic carbocycles. The smallest absolute Gasteiger partial charge is 0.162 e. The van der Waals surface area contributed by atoms with Crippen LogP contribution in [0.4, 0.5) is 0 Å². The van der Waals surface area contributed by atoms with Crippen LogP contribution in [0, 0.1) is 0 Å². The van der Waals surface area contributed by atoms with Gasteiger partial charge >= 0.3 is 0 Å². The minimum atomic E-state index is 0. The lowest BCUT2D eigenvalue weighted by Crippen LogP contribution is -3.00. The molecule has 1 saturated heterocycles. The number of aromatic amines is 1. The summed E-state index contributed by atoms with van der Waals surface area (Å²) >= 11 is 0. The van der Waals surface area contributed by atoms with Gasteiger partial charge in [0.1, 0.15) is 19.6 Å². The number of likely N-dealkylation sites (N-methyl/N-ethyl adjacent to an activating group) is 1. The van der Waals surface area contributed by atoms with Gasteiger partial charge in [0.2, 0.25) is 0 Å². The van der Waals surface area contributed by atoms with Crippen LogP contribution in [0.25, 0.3) is 11.0 Å². The van der Waals surface area contributed by atoms with E-state index in [1.165, 1.54) is 0 Å². The van der Waals surface area contributed by atoms with Crippen molar-refractivity contribution >= 4 is 11.0 Å². The molecule has 1 aliphatic rings. The first-order valence-corrected chi connectivity index (χ1v) is 6.10. The molecule has 18 heavy (non-hydrogen) atoms. The minimum absolute atomic E-state index is 0. The van der Waals surface area contributed by atoms with E-state index in [1.807, 2.05) is 12.1 Å². The zero-order valence-electron chi connectivity index (χ0n) is 10.5.